The topological polar surface area (TPSA) is 88.0 Å². The van der Waals surface area contributed by atoms with Crippen LogP contribution in [0, 0.1) is 5.82 Å². The number of H-pyrrole nitrogens is 1. The molecular weight excluding hydrogens is 165 g/mol. The second-order valence-corrected chi connectivity index (χ2v) is 2.02. The molecule has 1 heterocycles. The van der Waals surface area contributed by atoms with Crippen LogP contribution in [0.3, 0.4) is 0 Å². The van der Waals surface area contributed by atoms with Crippen LogP contribution < -0.4 is 11.1 Å². The van der Waals surface area contributed by atoms with Crippen molar-refractivity contribution in [3.8, 4) is 0 Å². The van der Waals surface area contributed by atoms with E-state index >= 15 is 0 Å². The van der Waals surface area contributed by atoms with Crippen LogP contribution in [0.5, 0.6) is 0 Å². The zero-order valence-electron chi connectivity index (χ0n) is 5.93. The minimum atomic E-state index is -1.02. The average molecular weight is 171 g/mol. The molecule has 12 heavy (non-hydrogen) atoms. The van der Waals surface area contributed by atoms with Gasteiger partial charge in [-0.25, -0.2) is 9.18 Å². The quantitative estimate of drug-likeness (QED) is 0.553. The Bertz CT molecular complexity index is 320. The van der Waals surface area contributed by atoms with Crippen molar-refractivity contribution in [1.82, 2.24) is 10.3 Å². The van der Waals surface area contributed by atoms with E-state index in [9.17, 15) is 14.0 Å². The third kappa shape index (κ3) is 1.60. The van der Waals surface area contributed by atoms with Crippen molar-refractivity contribution in [2.75, 3.05) is 0 Å². The summed E-state index contributed by atoms with van der Waals surface area (Å²) in [5.41, 5.74) is 4.33. The molecule has 1 aromatic heterocycles. The highest BCUT2D eigenvalue weighted by Crippen LogP contribution is 2.02. The van der Waals surface area contributed by atoms with Gasteiger partial charge in [0.15, 0.2) is 5.82 Å². The number of nitrogens with one attached hydrogen (secondary N) is 2. The Morgan fingerprint density at radius 3 is 2.67 bits per heavy atom. The van der Waals surface area contributed by atoms with E-state index in [-0.39, 0.29) is 5.69 Å². The molecular formula is C6H6FN3O2. The van der Waals surface area contributed by atoms with Gasteiger partial charge in [0.05, 0.1) is 0 Å². The number of amides is 3. The SMILES string of the molecule is NC(=O)NC(=O)c1[nH]ccc1F. The van der Waals surface area contributed by atoms with E-state index in [0.29, 0.717) is 0 Å². The van der Waals surface area contributed by atoms with E-state index in [2.05, 4.69) is 10.7 Å². The molecule has 64 valence electrons. The maximum absolute atomic E-state index is 12.6. The highest BCUT2D eigenvalue weighted by atomic mass is 19.1. The summed E-state index contributed by atoms with van der Waals surface area (Å²) in [6, 6.07) is 0.0459. The Hall–Kier alpha value is -1.85. The van der Waals surface area contributed by atoms with Gasteiger partial charge in [-0.1, -0.05) is 0 Å². The first-order chi connectivity index (χ1) is 5.61. The van der Waals surface area contributed by atoms with Gasteiger partial charge in [0, 0.05) is 6.20 Å². The zero-order chi connectivity index (χ0) is 9.14. The van der Waals surface area contributed by atoms with Crippen molar-refractivity contribution < 1.29 is 14.0 Å². The predicted molar refractivity (Wildman–Crippen MR) is 37.8 cm³/mol. The molecule has 0 fully saturated rings. The van der Waals surface area contributed by atoms with Crippen LogP contribution in [-0.2, 0) is 0 Å². The molecule has 5 nitrogen and oxygen atoms in total. The molecule has 1 aromatic rings. The minimum absolute atomic E-state index is 0.311. The summed E-state index contributed by atoms with van der Waals surface area (Å²) in [6.45, 7) is 0. The van der Waals surface area contributed by atoms with E-state index in [1.165, 1.54) is 6.20 Å². The Labute approximate surface area is 66.7 Å². The molecule has 0 unspecified atom stereocenters. The standard InChI is InChI=1S/C6H6FN3O2/c7-3-1-2-9-4(3)5(11)10-6(8)12/h1-2,9H,(H3,8,10,11,12). The lowest BCUT2D eigenvalue weighted by molar-refractivity contribution is 0.0958. The molecule has 6 heteroatoms. The molecule has 0 radical (unpaired) electrons. The lowest BCUT2D eigenvalue weighted by Gasteiger charge is -1.96. The third-order valence-electron chi connectivity index (χ3n) is 1.16. The molecule has 1 rings (SSSR count). The van der Waals surface area contributed by atoms with Gasteiger partial charge >= 0.3 is 6.03 Å². The van der Waals surface area contributed by atoms with E-state index in [0.717, 1.165) is 6.07 Å². The molecule has 0 spiro atoms. The van der Waals surface area contributed by atoms with Crippen molar-refractivity contribution in [3.05, 3.63) is 23.8 Å². The number of aromatic amines is 1. The van der Waals surface area contributed by atoms with Crippen molar-refractivity contribution in [1.29, 1.82) is 0 Å². The number of nitrogens with two attached hydrogens (primary N) is 1. The monoisotopic (exact) mass is 171 g/mol. The average Bonchev–Trinajstić information content (AvgIpc) is 2.33. The van der Waals surface area contributed by atoms with Crippen LogP contribution in [0.1, 0.15) is 10.5 Å². The van der Waals surface area contributed by atoms with E-state index in [4.69, 9.17) is 0 Å². The maximum atomic E-state index is 12.6. The minimum Gasteiger partial charge on any atom is -0.355 e. The van der Waals surface area contributed by atoms with Crippen LogP contribution in [0.25, 0.3) is 0 Å². The first-order valence-corrected chi connectivity index (χ1v) is 3.05. The van der Waals surface area contributed by atoms with Gasteiger partial charge in [0.25, 0.3) is 5.91 Å². The molecule has 0 saturated heterocycles. The van der Waals surface area contributed by atoms with E-state index in [1.54, 1.807) is 5.32 Å². The van der Waals surface area contributed by atoms with Gasteiger partial charge in [-0.2, -0.15) is 0 Å². The maximum Gasteiger partial charge on any atom is 0.319 e. The van der Waals surface area contributed by atoms with E-state index in [1.807, 2.05) is 0 Å². The highest BCUT2D eigenvalue weighted by molar-refractivity contribution is 6.02. The van der Waals surface area contributed by atoms with Crippen molar-refractivity contribution in [3.63, 3.8) is 0 Å². The predicted octanol–water partition coefficient (Wildman–Crippen LogP) is -0.0377. The van der Waals surface area contributed by atoms with Crippen molar-refractivity contribution >= 4 is 11.9 Å². The Morgan fingerprint density at radius 2 is 2.25 bits per heavy atom. The van der Waals surface area contributed by atoms with Gasteiger partial charge in [0.2, 0.25) is 0 Å². The summed E-state index contributed by atoms with van der Waals surface area (Å²) in [5.74, 6) is -1.61. The van der Waals surface area contributed by atoms with Crippen LogP contribution >= 0.6 is 0 Å². The Balaban J connectivity index is 2.78. The van der Waals surface area contributed by atoms with Gasteiger partial charge in [-0.3, -0.25) is 10.1 Å². The number of hydrogen-bond acceptors (Lipinski definition) is 2. The molecule has 0 aliphatic rings. The summed E-state index contributed by atoms with van der Waals surface area (Å²) in [4.78, 5) is 23.3. The fourth-order valence-corrected chi connectivity index (χ4v) is 0.699. The van der Waals surface area contributed by atoms with Crippen LogP contribution in [-0.4, -0.2) is 16.9 Å². The largest absolute Gasteiger partial charge is 0.355 e. The summed E-state index contributed by atoms with van der Waals surface area (Å²) < 4.78 is 12.6. The fraction of sp³-hybridized carbons (Fsp3) is 0. The number of carbonyl (C=O) groups is 2. The normalized spacial score (nSPS) is 9.42. The molecule has 0 aliphatic carbocycles. The lowest BCUT2D eigenvalue weighted by atomic mass is 10.4. The summed E-state index contributed by atoms with van der Waals surface area (Å²) in [5, 5.41) is 1.71. The van der Waals surface area contributed by atoms with Crippen molar-refractivity contribution in [2.24, 2.45) is 5.73 Å². The number of aromatic nitrogens is 1. The summed E-state index contributed by atoms with van der Waals surface area (Å²) in [6.07, 6.45) is 1.24. The van der Waals surface area contributed by atoms with Gasteiger partial charge < -0.3 is 10.7 Å². The summed E-state index contributed by atoms with van der Waals surface area (Å²) >= 11 is 0. The third-order valence-corrected chi connectivity index (χ3v) is 1.16. The molecule has 0 aliphatic heterocycles. The first kappa shape index (κ1) is 8.25. The molecule has 4 N–H and O–H groups in total. The number of rotatable bonds is 1. The number of halogens is 1. The number of urea groups is 1. The Morgan fingerprint density at radius 1 is 1.58 bits per heavy atom. The number of imide groups is 1. The molecule has 0 atom stereocenters. The smallest absolute Gasteiger partial charge is 0.319 e. The molecule has 0 bridgehead atoms. The lowest BCUT2D eigenvalue weighted by Crippen LogP contribution is -2.35. The van der Waals surface area contributed by atoms with Gasteiger partial charge in [-0.05, 0) is 6.07 Å². The molecule has 0 saturated carbocycles. The first-order valence-electron chi connectivity index (χ1n) is 3.05. The summed E-state index contributed by atoms with van der Waals surface area (Å²) in [7, 11) is 0. The van der Waals surface area contributed by atoms with Crippen LogP contribution in [0.15, 0.2) is 12.3 Å². The number of carbonyl (C=O) groups excluding carboxylic acids is 2. The fourth-order valence-electron chi connectivity index (χ4n) is 0.699. The molecule has 0 aromatic carbocycles. The van der Waals surface area contributed by atoms with Crippen molar-refractivity contribution in [2.45, 2.75) is 0 Å². The van der Waals surface area contributed by atoms with Crippen LogP contribution in [0.2, 0.25) is 0 Å². The van der Waals surface area contributed by atoms with Gasteiger partial charge in [-0.15, -0.1) is 0 Å². The molecule has 3 amide bonds. The second kappa shape index (κ2) is 3.04. The Kier molecular flexibility index (Phi) is 2.09. The number of hydrogen-bond donors (Lipinski definition) is 3. The van der Waals surface area contributed by atoms with Crippen LogP contribution in [0.4, 0.5) is 9.18 Å². The zero-order valence-corrected chi connectivity index (χ0v) is 5.93. The number of primary amides is 1. The second-order valence-electron chi connectivity index (χ2n) is 2.02. The highest BCUT2D eigenvalue weighted by Gasteiger charge is 2.13. The van der Waals surface area contributed by atoms with Gasteiger partial charge in [0.1, 0.15) is 5.69 Å². The van der Waals surface area contributed by atoms with E-state index < -0.39 is 17.8 Å².